The maximum Gasteiger partial charge on any atom is 0.0510 e. The summed E-state index contributed by atoms with van der Waals surface area (Å²) in [5.74, 6) is 0. The molecule has 1 atom stereocenters. The number of halogens is 1. The van der Waals surface area contributed by atoms with Gasteiger partial charge < -0.3 is 10.2 Å². The van der Waals surface area contributed by atoms with Crippen LogP contribution in [-0.4, -0.2) is 19.6 Å². The minimum atomic E-state index is 0.421. The van der Waals surface area contributed by atoms with Crippen LogP contribution in [0.1, 0.15) is 57.6 Å². The Labute approximate surface area is 132 Å². The molecular weight excluding hydrogens is 312 g/mol. The van der Waals surface area contributed by atoms with Gasteiger partial charge in [-0.05, 0) is 66.4 Å². The maximum atomic E-state index is 3.78. The lowest BCUT2D eigenvalue weighted by atomic mass is 10.1. The van der Waals surface area contributed by atoms with Crippen molar-refractivity contribution in [3.05, 3.63) is 28.2 Å². The van der Waals surface area contributed by atoms with E-state index in [2.05, 4.69) is 58.2 Å². The molecule has 0 spiro atoms. The smallest absolute Gasteiger partial charge is 0.0510 e. The van der Waals surface area contributed by atoms with E-state index in [-0.39, 0.29) is 0 Å². The third kappa shape index (κ3) is 4.23. The van der Waals surface area contributed by atoms with Crippen LogP contribution in [0.15, 0.2) is 22.7 Å². The Balaban J connectivity index is 2.08. The lowest BCUT2D eigenvalue weighted by Crippen LogP contribution is -2.24. The normalized spacial score (nSPS) is 17.9. The van der Waals surface area contributed by atoms with Gasteiger partial charge in [-0.3, -0.25) is 0 Å². The Morgan fingerprint density at radius 1 is 1.20 bits per heavy atom. The second-order valence-electron chi connectivity index (χ2n) is 5.79. The standard InChI is InChI=1S/C17H27BrN2/c1-3-10-19-14(2)15-8-9-17(16(18)13-15)20-11-6-4-5-7-12-20/h8-9,13-14,19H,3-7,10-12H2,1-2H3. The van der Waals surface area contributed by atoms with Crippen molar-refractivity contribution >= 4 is 21.6 Å². The van der Waals surface area contributed by atoms with E-state index in [0.29, 0.717) is 6.04 Å². The van der Waals surface area contributed by atoms with Crippen molar-refractivity contribution in [2.75, 3.05) is 24.5 Å². The molecule has 1 N–H and O–H groups in total. The van der Waals surface area contributed by atoms with Crippen molar-refractivity contribution in [2.24, 2.45) is 0 Å². The molecule has 0 saturated carbocycles. The van der Waals surface area contributed by atoms with Crippen molar-refractivity contribution in [2.45, 2.75) is 52.0 Å². The monoisotopic (exact) mass is 338 g/mol. The van der Waals surface area contributed by atoms with E-state index in [1.807, 2.05) is 0 Å². The Bertz CT molecular complexity index is 411. The molecule has 0 aliphatic carbocycles. The molecule has 1 aromatic carbocycles. The van der Waals surface area contributed by atoms with Gasteiger partial charge in [0.25, 0.3) is 0 Å². The molecule has 3 heteroatoms. The minimum Gasteiger partial charge on any atom is -0.371 e. The van der Waals surface area contributed by atoms with Crippen LogP contribution in [0.3, 0.4) is 0 Å². The second kappa shape index (κ2) is 8.04. The number of rotatable bonds is 5. The van der Waals surface area contributed by atoms with Crippen LogP contribution in [0.2, 0.25) is 0 Å². The van der Waals surface area contributed by atoms with Gasteiger partial charge in [-0.1, -0.05) is 25.8 Å². The second-order valence-corrected chi connectivity index (χ2v) is 6.64. The van der Waals surface area contributed by atoms with E-state index < -0.39 is 0 Å². The zero-order valence-corrected chi connectivity index (χ0v) is 14.4. The molecule has 1 heterocycles. The molecule has 0 aromatic heterocycles. The van der Waals surface area contributed by atoms with Crippen molar-refractivity contribution in [1.29, 1.82) is 0 Å². The Kier molecular flexibility index (Phi) is 6.37. The largest absolute Gasteiger partial charge is 0.371 e. The predicted octanol–water partition coefficient (Wildman–Crippen LogP) is 4.89. The molecule has 2 rings (SSSR count). The average Bonchev–Trinajstić information content (AvgIpc) is 2.73. The van der Waals surface area contributed by atoms with Gasteiger partial charge >= 0.3 is 0 Å². The van der Waals surface area contributed by atoms with Gasteiger partial charge in [0.1, 0.15) is 0 Å². The first-order valence-electron chi connectivity index (χ1n) is 8.00. The van der Waals surface area contributed by atoms with Gasteiger partial charge in [0, 0.05) is 23.6 Å². The third-order valence-electron chi connectivity index (χ3n) is 4.12. The van der Waals surface area contributed by atoms with Crippen LogP contribution >= 0.6 is 15.9 Å². The quantitative estimate of drug-likeness (QED) is 0.822. The Hall–Kier alpha value is -0.540. The van der Waals surface area contributed by atoms with E-state index in [0.717, 1.165) is 6.54 Å². The van der Waals surface area contributed by atoms with Crippen LogP contribution < -0.4 is 10.2 Å². The average molecular weight is 339 g/mol. The summed E-state index contributed by atoms with van der Waals surface area (Å²) in [5.41, 5.74) is 2.72. The summed E-state index contributed by atoms with van der Waals surface area (Å²) in [5, 5.41) is 3.55. The Morgan fingerprint density at radius 2 is 1.90 bits per heavy atom. The molecule has 1 saturated heterocycles. The molecule has 1 aliphatic heterocycles. The van der Waals surface area contributed by atoms with E-state index in [9.17, 15) is 0 Å². The fourth-order valence-electron chi connectivity index (χ4n) is 2.84. The minimum absolute atomic E-state index is 0.421. The Morgan fingerprint density at radius 3 is 2.50 bits per heavy atom. The molecule has 2 nitrogen and oxygen atoms in total. The summed E-state index contributed by atoms with van der Waals surface area (Å²) in [6.45, 7) is 7.91. The summed E-state index contributed by atoms with van der Waals surface area (Å²) >= 11 is 3.78. The van der Waals surface area contributed by atoms with E-state index in [4.69, 9.17) is 0 Å². The lowest BCUT2D eigenvalue weighted by Gasteiger charge is -2.25. The van der Waals surface area contributed by atoms with Crippen molar-refractivity contribution in [1.82, 2.24) is 5.32 Å². The fraction of sp³-hybridized carbons (Fsp3) is 0.647. The highest BCUT2D eigenvalue weighted by Gasteiger charge is 2.14. The first kappa shape index (κ1) is 15.8. The van der Waals surface area contributed by atoms with Gasteiger partial charge in [-0.2, -0.15) is 0 Å². The summed E-state index contributed by atoms with van der Waals surface area (Å²) in [4.78, 5) is 2.53. The SMILES string of the molecule is CCCNC(C)c1ccc(N2CCCCCC2)c(Br)c1. The van der Waals surface area contributed by atoms with Gasteiger partial charge in [-0.25, -0.2) is 0 Å². The third-order valence-corrected chi connectivity index (χ3v) is 4.75. The first-order chi connectivity index (χ1) is 9.72. The zero-order chi connectivity index (χ0) is 14.4. The van der Waals surface area contributed by atoms with Crippen LogP contribution in [0.5, 0.6) is 0 Å². The van der Waals surface area contributed by atoms with Crippen molar-refractivity contribution < 1.29 is 0 Å². The number of hydrogen-bond donors (Lipinski definition) is 1. The maximum absolute atomic E-state index is 3.78. The molecule has 112 valence electrons. The molecule has 1 aliphatic rings. The molecule has 20 heavy (non-hydrogen) atoms. The molecule has 0 amide bonds. The summed E-state index contributed by atoms with van der Waals surface area (Å²) in [6.07, 6.45) is 6.58. The van der Waals surface area contributed by atoms with Crippen LogP contribution in [0.25, 0.3) is 0 Å². The van der Waals surface area contributed by atoms with Gasteiger partial charge in [0.15, 0.2) is 0 Å². The van der Waals surface area contributed by atoms with Crippen molar-refractivity contribution in [3.63, 3.8) is 0 Å². The fourth-order valence-corrected chi connectivity index (χ4v) is 3.49. The summed E-state index contributed by atoms with van der Waals surface area (Å²) in [6, 6.07) is 7.27. The highest BCUT2D eigenvalue weighted by molar-refractivity contribution is 9.10. The highest BCUT2D eigenvalue weighted by Crippen LogP contribution is 2.31. The predicted molar refractivity (Wildman–Crippen MR) is 91.5 cm³/mol. The van der Waals surface area contributed by atoms with Gasteiger partial charge in [-0.15, -0.1) is 0 Å². The van der Waals surface area contributed by atoms with Crippen molar-refractivity contribution in [3.8, 4) is 0 Å². The molecule has 1 unspecified atom stereocenters. The van der Waals surface area contributed by atoms with E-state index in [1.165, 1.54) is 60.9 Å². The van der Waals surface area contributed by atoms with Gasteiger partial charge in [0.2, 0.25) is 0 Å². The zero-order valence-electron chi connectivity index (χ0n) is 12.8. The van der Waals surface area contributed by atoms with Crippen LogP contribution in [0, 0.1) is 0 Å². The van der Waals surface area contributed by atoms with Crippen LogP contribution in [-0.2, 0) is 0 Å². The molecule has 0 radical (unpaired) electrons. The van der Waals surface area contributed by atoms with Crippen LogP contribution in [0.4, 0.5) is 5.69 Å². The molecule has 0 bridgehead atoms. The summed E-state index contributed by atoms with van der Waals surface area (Å²) < 4.78 is 1.24. The van der Waals surface area contributed by atoms with E-state index >= 15 is 0 Å². The summed E-state index contributed by atoms with van der Waals surface area (Å²) in [7, 11) is 0. The topological polar surface area (TPSA) is 15.3 Å². The molecule has 1 aromatic rings. The molecule has 1 fully saturated rings. The van der Waals surface area contributed by atoms with Gasteiger partial charge in [0.05, 0.1) is 5.69 Å². The number of hydrogen-bond acceptors (Lipinski definition) is 2. The lowest BCUT2D eigenvalue weighted by molar-refractivity contribution is 0.570. The highest BCUT2D eigenvalue weighted by atomic mass is 79.9. The molecular formula is C17H27BrN2. The van der Waals surface area contributed by atoms with E-state index in [1.54, 1.807) is 0 Å². The number of nitrogens with zero attached hydrogens (tertiary/aromatic N) is 1. The number of benzene rings is 1. The number of nitrogens with one attached hydrogen (secondary N) is 1. The first-order valence-corrected chi connectivity index (χ1v) is 8.79. The number of anilines is 1.